The summed E-state index contributed by atoms with van der Waals surface area (Å²) in [7, 11) is 0. The number of rotatable bonds is 7. The highest BCUT2D eigenvalue weighted by atomic mass is 14.3. The Morgan fingerprint density at radius 3 is 1.85 bits per heavy atom. The molecule has 2 unspecified atom stereocenters. The van der Waals surface area contributed by atoms with Gasteiger partial charge in [0, 0.05) is 0 Å². The predicted molar refractivity (Wildman–Crippen MR) is 61.9 cm³/mol. The fourth-order valence-electron chi connectivity index (χ4n) is 2.54. The van der Waals surface area contributed by atoms with Gasteiger partial charge in [-0.3, -0.25) is 0 Å². The predicted octanol–water partition coefficient (Wildman–Crippen LogP) is 4.89. The summed E-state index contributed by atoms with van der Waals surface area (Å²) in [6.45, 7) is 11.7. The maximum atomic E-state index is 2.38. The van der Waals surface area contributed by atoms with E-state index in [1.807, 2.05) is 0 Å². The fraction of sp³-hybridized carbons (Fsp3) is 1.00. The molecule has 0 N–H and O–H groups in total. The molecule has 0 aliphatic carbocycles. The Kier molecular flexibility index (Phi) is 7.41. The Balaban J connectivity index is 4.00. The summed E-state index contributed by atoms with van der Waals surface area (Å²) in [4.78, 5) is 0. The van der Waals surface area contributed by atoms with E-state index in [0.717, 1.165) is 17.8 Å². The summed E-state index contributed by atoms with van der Waals surface area (Å²) in [6, 6.07) is 0. The molecule has 0 aromatic rings. The summed E-state index contributed by atoms with van der Waals surface area (Å²) >= 11 is 0. The van der Waals surface area contributed by atoms with Gasteiger partial charge < -0.3 is 0 Å². The topological polar surface area (TPSA) is 0 Å². The van der Waals surface area contributed by atoms with E-state index in [0.29, 0.717) is 0 Å². The molecule has 0 heteroatoms. The molecule has 0 radical (unpaired) electrons. The lowest BCUT2D eigenvalue weighted by atomic mass is 9.77. The van der Waals surface area contributed by atoms with Crippen molar-refractivity contribution in [1.82, 2.24) is 0 Å². The van der Waals surface area contributed by atoms with Crippen molar-refractivity contribution in [2.75, 3.05) is 0 Å². The molecule has 0 spiro atoms. The molecule has 0 saturated carbocycles. The van der Waals surface area contributed by atoms with E-state index in [2.05, 4.69) is 34.6 Å². The monoisotopic (exact) mass is 184 g/mol. The second-order valence-electron chi connectivity index (χ2n) is 4.63. The highest BCUT2D eigenvalue weighted by Gasteiger charge is 2.20. The van der Waals surface area contributed by atoms with E-state index < -0.39 is 0 Å². The van der Waals surface area contributed by atoms with Gasteiger partial charge in [-0.15, -0.1) is 0 Å². The van der Waals surface area contributed by atoms with Crippen LogP contribution in [0, 0.1) is 17.8 Å². The molecule has 0 nitrogen and oxygen atoms in total. The van der Waals surface area contributed by atoms with Crippen molar-refractivity contribution >= 4 is 0 Å². The Morgan fingerprint density at radius 1 is 0.923 bits per heavy atom. The van der Waals surface area contributed by atoms with Crippen molar-refractivity contribution in [3.63, 3.8) is 0 Å². The largest absolute Gasteiger partial charge is 0.0654 e. The molecule has 0 aromatic carbocycles. The molecule has 0 aliphatic rings. The van der Waals surface area contributed by atoms with E-state index in [1.54, 1.807) is 0 Å². The molecule has 0 bridgehead atoms. The second kappa shape index (κ2) is 7.41. The van der Waals surface area contributed by atoms with Gasteiger partial charge in [0.1, 0.15) is 0 Å². The van der Waals surface area contributed by atoms with Crippen molar-refractivity contribution in [2.45, 2.75) is 66.7 Å². The molecule has 0 fully saturated rings. The maximum Gasteiger partial charge on any atom is -0.0365 e. The number of hydrogen-bond acceptors (Lipinski definition) is 0. The third-order valence-corrected chi connectivity index (χ3v) is 3.39. The molecule has 0 aromatic heterocycles. The lowest BCUT2D eigenvalue weighted by Gasteiger charge is -2.28. The van der Waals surface area contributed by atoms with Crippen LogP contribution in [0.2, 0.25) is 0 Å². The maximum absolute atomic E-state index is 2.38. The van der Waals surface area contributed by atoms with Gasteiger partial charge >= 0.3 is 0 Å². The third-order valence-electron chi connectivity index (χ3n) is 3.39. The van der Waals surface area contributed by atoms with Crippen molar-refractivity contribution in [3.05, 3.63) is 0 Å². The van der Waals surface area contributed by atoms with E-state index in [-0.39, 0.29) is 0 Å². The lowest BCUT2D eigenvalue weighted by Crippen LogP contribution is -2.19. The van der Waals surface area contributed by atoms with Crippen LogP contribution < -0.4 is 0 Å². The van der Waals surface area contributed by atoms with Crippen LogP contribution in [0.5, 0.6) is 0 Å². The average molecular weight is 184 g/mol. The quantitative estimate of drug-likeness (QED) is 0.528. The standard InChI is InChI=1S/C13H28/c1-6-9-10-12(7-2)13(8-3)11(4)5/h11-13H,6-10H2,1-5H3. The zero-order valence-electron chi connectivity index (χ0n) is 10.3. The molecule has 0 saturated heterocycles. The lowest BCUT2D eigenvalue weighted by molar-refractivity contribution is 0.222. The molecule has 0 amide bonds. The van der Waals surface area contributed by atoms with Crippen LogP contribution in [0.1, 0.15) is 66.7 Å². The third kappa shape index (κ3) is 4.69. The second-order valence-corrected chi connectivity index (χ2v) is 4.63. The summed E-state index contributed by atoms with van der Waals surface area (Å²) in [5.74, 6) is 2.80. The highest BCUT2D eigenvalue weighted by molar-refractivity contribution is 4.70. The molecule has 2 atom stereocenters. The highest BCUT2D eigenvalue weighted by Crippen LogP contribution is 2.30. The summed E-state index contributed by atoms with van der Waals surface area (Å²) in [5, 5.41) is 0. The van der Waals surface area contributed by atoms with E-state index in [1.165, 1.54) is 32.1 Å². The molecule has 0 aliphatic heterocycles. The van der Waals surface area contributed by atoms with E-state index >= 15 is 0 Å². The average Bonchev–Trinajstić information content (AvgIpc) is 2.11. The van der Waals surface area contributed by atoms with Gasteiger partial charge in [0.25, 0.3) is 0 Å². The van der Waals surface area contributed by atoms with Crippen LogP contribution in [-0.4, -0.2) is 0 Å². The first-order valence-corrected chi connectivity index (χ1v) is 6.17. The molecular formula is C13H28. The van der Waals surface area contributed by atoms with Crippen LogP contribution in [0.4, 0.5) is 0 Å². The van der Waals surface area contributed by atoms with Crippen molar-refractivity contribution in [2.24, 2.45) is 17.8 Å². The van der Waals surface area contributed by atoms with Crippen molar-refractivity contribution in [3.8, 4) is 0 Å². The van der Waals surface area contributed by atoms with Gasteiger partial charge in [0.2, 0.25) is 0 Å². The first kappa shape index (κ1) is 13.0. The van der Waals surface area contributed by atoms with E-state index in [4.69, 9.17) is 0 Å². The van der Waals surface area contributed by atoms with Gasteiger partial charge in [-0.05, 0) is 17.8 Å². The normalized spacial score (nSPS) is 16.2. The van der Waals surface area contributed by atoms with Crippen LogP contribution in [0.3, 0.4) is 0 Å². The smallest absolute Gasteiger partial charge is 0.0365 e. The van der Waals surface area contributed by atoms with Gasteiger partial charge in [0.15, 0.2) is 0 Å². The van der Waals surface area contributed by atoms with Crippen LogP contribution >= 0.6 is 0 Å². The summed E-state index contributed by atoms with van der Waals surface area (Å²) in [6.07, 6.45) is 6.95. The molecule has 0 rings (SSSR count). The Bertz CT molecular complexity index is 105. The van der Waals surface area contributed by atoms with Gasteiger partial charge in [0.05, 0.1) is 0 Å². The fourth-order valence-corrected chi connectivity index (χ4v) is 2.54. The molecular weight excluding hydrogens is 156 g/mol. The Hall–Kier alpha value is 0. The minimum absolute atomic E-state index is 0.867. The molecule has 0 heterocycles. The van der Waals surface area contributed by atoms with Gasteiger partial charge in [-0.1, -0.05) is 66.7 Å². The van der Waals surface area contributed by atoms with Crippen LogP contribution in [-0.2, 0) is 0 Å². The molecule has 13 heavy (non-hydrogen) atoms. The number of unbranched alkanes of at least 4 members (excludes halogenated alkanes) is 1. The van der Waals surface area contributed by atoms with Gasteiger partial charge in [-0.2, -0.15) is 0 Å². The first-order valence-electron chi connectivity index (χ1n) is 6.17. The van der Waals surface area contributed by atoms with Crippen molar-refractivity contribution < 1.29 is 0 Å². The first-order chi connectivity index (χ1) is 6.17. The minimum atomic E-state index is 0.867. The SMILES string of the molecule is CCCCC(CC)C(CC)C(C)C. The summed E-state index contributed by atoms with van der Waals surface area (Å²) < 4.78 is 0. The van der Waals surface area contributed by atoms with Gasteiger partial charge in [-0.25, -0.2) is 0 Å². The zero-order chi connectivity index (χ0) is 10.3. The molecule has 80 valence electrons. The zero-order valence-corrected chi connectivity index (χ0v) is 10.3. The van der Waals surface area contributed by atoms with Crippen molar-refractivity contribution in [1.29, 1.82) is 0 Å². The Labute approximate surface area is 85.1 Å². The van der Waals surface area contributed by atoms with Crippen LogP contribution in [0.25, 0.3) is 0 Å². The van der Waals surface area contributed by atoms with Crippen LogP contribution in [0.15, 0.2) is 0 Å². The summed E-state index contributed by atoms with van der Waals surface area (Å²) in [5.41, 5.74) is 0. The van der Waals surface area contributed by atoms with E-state index in [9.17, 15) is 0 Å². The minimum Gasteiger partial charge on any atom is -0.0654 e. The number of hydrogen-bond donors (Lipinski definition) is 0. The Morgan fingerprint density at radius 2 is 1.54 bits per heavy atom.